The Bertz CT molecular complexity index is 604. The molecule has 0 heterocycles. The van der Waals surface area contributed by atoms with Gasteiger partial charge in [-0.15, -0.1) is 0 Å². The van der Waals surface area contributed by atoms with E-state index >= 15 is 0 Å². The maximum atomic E-state index is 12.6. The van der Waals surface area contributed by atoms with Crippen molar-refractivity contribution < 1.29 is 17.9 Å². The summed E-state index contributed by atoms with van der Waals surface area (Å²) in [7, 11) is -3.88. The van der Waals surface area contributed by atoms with Crippen LogP contribution in [0, 0.1) is 0 Å². The molecule has 0 spiro atoms. The van der Waals surface area contributed by atoms with E-state index in [1.165, 1.54) is 18.2 Å². The average molecular weight is 335 g/mol. The van der Waals surface area contributed by atoms with Gasteiger partial charge in [-0.05, 0) is 31.5 Å². The zero-order chi connectivity index (χ0) is 16.0. The molecule has 1 aromatic rings. The normalized spacial score (nSPS) is 11.6. The van der Waals surface area contributed by atoms with Crippen LogP contribution < -0.4 is 5.73 Å². The number of sulfonamides is 1. The number of nitrogen functional groups attached to an aromatic ring is 1. The van der Waals surface area contributed by atoms with Crippen LogP contribution >= 0.6 is 11.6 Å². The second-order valence-corrected chi connectivity index (χ2v) is 6.65. The third-order valence-electron chi connectivity index (χ3n) is 2.66. The molecule has 0 radical (unpaired) electrons. The lowest BCUT2D eigenvalue weighted by Crippen LogP contribution is -2.37. The monoisotopic (exact) mass is 334 g/mol. The summed E-state index contributed by atoms with van der Waals surface area (Å²) < 4.78 is 31.0. The molecule has 0 bridgehead atoms. The van der Waals surface area contributed by atoms with Gasteiger partial charge < -0.3 is 10.5 Å². The number of rotatable bonds is 7. The number of carbonyl (C=O) groups is 1. The SMILES string of the molecule is CCCN(CC(=O)OCC)S(=O)(=O)c1ccc(N)cc1Cl. The van der Waals surface area contributed by atoms with Crippen molar-refractivity contribution in [2.75, 3.05) is 25.4 Å². The van der Waals surface area contributed by atoms with Crippen molar-refractivity contribution in [2.24, 2.45) is 0 Å². The third-order valence-corrected chi connectivity index (χ3v) is 4.99. The van der Waals surface area contributed by atoms with Crippen LogP contribution in [0.4, 0.5) is 5.69 Å². The molecule has 0 aliphatic carbocycles. The fraction of sp³-hybridized carbons (Fsp3) is 0.462. The smallest absolute Gasteiger partial charge is 0.321 e. The van der Waals surface area contributed by atoms with Crippen LogP contribution in [0.5, 0.6) is 0 Å². The number of ether oxygens (including phenoxy) is 1. The van der Waals surface area contributed by atoms with Gasteiger partial charge in [0.05, 0.1) is 11.6 Å². The van der Waals surface area contributed by atoms with Crippen molar-refractivity contribution >= 4 is 33.3 Å². The minimum absolute atomic E-state index is 0.0277. The van der Waals surface area contributed by atoms with Crippen LogP contribution in [0.25, 0.3) is 0 Å². The molecular weight excluding hydrogens is 316 g/mol. The highest BCUT2D eigenvalue weighted by Gasteiger charge is 2.28. The molecule has 0 amide bonds. The van der Waals surface area contributed by atoms with Crippen LogP contribution in [0.15, 0.2) is 23.1 Å². The first-order valence-electron chi connectivity index (χ1n) is 6.53. The topological polar surface area (TPSA) is 89.7 Å². The Hall–Kier alpha value is -1.31. The van der Waals surface area contributed by atoms with E-state index in [0.717, 1.165) is 4.31 Å². The highest BCUT2D eigenvalue weighted by Crippen LogP contribution is 2.26. The van der Waals surface area contributed by atoms with E-state index in [-0.39, 0.29) is 29.6 Å². The number of carbonyl (C=O) groups excluding carboxylic acids is 1. The number of hydrogen-bond donors (Lipinski definition) is 1. The lowest BCUT2D eigenvalue weighted by molar-refractivity contribution is -0.143. The molecule has 0 saturated heterocycles. The lowest BCUT2D eigenvalue weighted by atomic mass is 10.3. The zero-order valence-corrected chi connectivity index (χ0v) is 13.6. The summed E-state index contributed by atoms with van der Waals surface area (Å²) >= 11 is 5.95. The summed E-state index contributed by atoms with van der Waals surface area (Å²) in [5.74, 6) is -0.596. The molecule has 0 aliphatic heterocycles. The summed E-state index contributed by atoms with van der Waals surface area (Å²) in [5, 5.41) is 0.0277. The Kier molecular flexibility index (Phi) is 6.44. The first-order chi connectivity index (χ1) is 9.82. The molecule has 0 fully saturated rings. The van der Waals surface area contributed by atoms with Gasteiger partial charge in [-0.25, -0.2) is 8.42 Å². The van der Waals surface area contributed by atoms with Crippen LogP contribution in [0.3, 0.4) is 0 Å². The van der Waals surface area contributed by atoms with E-state index in [4.69, 9.17) is 22.1 Å². The quantitative estimate of drug-likeness (QED) is 0.607. The first-order valence-corrected chi connectivity index (χ1v) is 8.35. The van der Waals surface area contributed by atoms with Crippen molar-refractivity contribution in [2.45, 2.75) is 25.2 Å². The number of nitrogens with two attached hydrogens (primary N) is 1. The van der Waals surface area contributed by atoms with Gasteiger partial charge in [0.25, 0.3) is 0 Å². The summed E-state index contributed by atoms with van der Waals surface area (Å²) in [5.41, 5.74) is 5.93. The Morgan fingerprint density at radius 2 is 2.05 bits per heavy atom. The van der Waals surface area contributed by atoms with Crippen molar-refractivity contribution in [1.82, 2.24) is 4.31 Å². The van der Waals surface area contributed by atoms with Crippen LogP contribution in [-0.2, 0) is 19.6 Å². The highest BCUT2D eigenvalue weighted by molar-refractivity contribution is 7.89. The second kappa shape index (κ2) is 7.63. The lowest BCUT2D eigenvalue weighted by Gasteiger charge is -2.21. The molecule has 21 heavy (non-hydrogen) atoms. The molecule has 1 rings (SSSR count). The standard InChI is InChI=1S/C13H19ClN2O4S/c1-3-7-16(9-13(17)20-4-2)21(18,19)12-6-5-10(15)8-11(12)14/h5-6,8H,3-4,7,9,15H2,1-2H3. The minimum atomic E-state index is -3.88. The number of esters is 1. The molecule has 2 N–H and O–H groups in total. The molecule has 6 nitrogen and oxygen atoms in total. The highest BCUT2D eigenvalue weighted by atomic mass is 35.5. The van der Waals surface area contributed by atoms with E-state index in [9.17, 15) is 13.2 Å². The average Bonchev–Trinajstić information content (AvgIpc) is 2.38. The number of anilines is 1. The summed E-state index contributed by atoms with van der Waals surface area (Å²) in [6.07, 6.45) is 0.561. The van der Waals surface area contributed by atoms with Crippen LogP contribution in [0.2, 0.25) is 5.02 Å². The van der Waals surface area contributed by atoms with Crippen molar-refractivity contribution in [3.63, 3.8) is 0 Å². The zero-order valence-electron chi connectivity index (χ0n) is 12.0. The molecule has 118 valence electrons. The molecule has 0 unspecified atom stereocenters. The maximum Gasteiger partial charge on any atom is 0.321 e. The predicted octanol–water partition coefficient (Wildman–Crippen LogP) is 1.89. The largest absolute Gasteiger partial charge is 0.465 e. The van der Waals surface area contributed by atoms with E-state index < -0.39 is 16.0 Å². The fourth-order valence-corrected chi connectivity index (χ4v) is 3.75. The number of nitrogens with zero attached hydrogens (tertiary/aromatic N) is 1. The first kappa shape index (κ1) is 17.7. The summed E-state index contributed by atoms with van der Waals surface area (Å²) in [6.45, 7) is 3.53. The molecule has 1 aromatic carbocycles. The Balaban J connectivity index is 3.12. The van der Waals surface area contributed by atoms with Gasteiger partial charge in [-0.1, -0.05) is 18.5 Å². The van der Waals surface area contributed by atoms with Gasteiger partial charge in [0.1, 0.15) is 11.4 Å². The maximum absolute atomic E-state index is 12.6. The summed E-state index contributed by atoms with van der Waals surface area (Å²) in [6, 6.07) is 4.15. The van der Waals surface area contributed by atoms with Crippen molar-refractivity contribution in [3.8, 4) is 0 Å². The van der Waals surface area contributed by atoms with Gasteiger partial charge in [0.15, 0.2) is 0 Å². The molecule has 0 aromatic heterocycles. The number of benzene rings is 1. The molecule has 8 heteroatoms. The Morgan fingerprint density at radius 3 is 2.57 bits per heavy atom. The molecular formula is C13H19ClN2O4S. The van der Waals surface area contributed by atoms with Gasteiger partial charge in [0, 0.05) is 12.2 Å². The molecule has 0 saturated carbocycles. The van der Waals surface area contributed by atoms with Gasteiger partial charge in [-0.2, -0.15) is 4.31 Å². The van der Waals surface area contributed by atoms with E-state index in [2.05, 4.69) is 0 Å². The van der Waals surface area contributed by atoms with Gasteiger partial charge in [0.2, 0.25) is 10.0 Å². The van der Waals surface area contributed by atoms with E-state index in [0.29, 0.717) is 12.1 Å². The molecule has 0 aliphatic rings. The number of halogens is 1. The van der Waals surface area contributed by atoms with Crippen LogP contribution in [0.1, 0.15) is 20.3 Å². The van der Waals surface area contributed by atoms with Crippen molar-refractivity contribution in [1.29, 1.82) is 0 Å². The molecule has 0 atom stereocenters. The van der Waals surface area contributed by atoms with Gasteiger partial charge in [-0.3, -0.25) is 4.79 Å². The predicted molar refractivity (Wildman–Crippen MR) is 81.5 cm³/mol. The Morgan fingerprint density at radius 1 is 1.38 bits per heavy atom. The fourth-order valence-electron chi connectivity index (χ4n) is 1.75. The Labute approximate surface area is 129 Å². The minimum Gasteiger partial charge on any atom is -0.465 e. The van der Waals surface area contributed by atoms with Crippen LogP contribution in [-0.4, -0.2) is 38.4 Å². The van der Waals surface area contributed by atoms with E-state index in [1.807, 2.05) is 6.92 Å². The number of hydrogen-bond acceptors (Lipinski definition) is 5. The third kappa shape index (κ3) is 4.59. The second-order valence-electron chi connectivity index (χ2n) is 4.33. The van der Waals surface area contributed by atoms with Gasteiger partial charge >= 0.3 is 5.97 Å². The summed E-state index contributed by atoms with van der Waals surface area (Å²) in [4.78, 5) is 11.5. The van der Waals surface area contributed by atoms with Crippen molar-refractivity contribution in [3.05, 3.63) is 23.2 Å². The van der Waals surface area contributed by atoms with E-state index in [1.54, 1.807) is 6.92 Å².